The van der Waals surface area contributed by atoms with Gasteiger partial charge >= 0.3 is 5.97 Å². The molecule has 1 fully saturated rings. The van der Waals surface area contributed by atoms with Crippen LogP contribution in [0, 0.1) is 0 Å². The Balaban J connectivity index is 1.72. The molecule has 0 radical (unpaired) electrons. The molecule has 0 bridgehead atoms. The number of nitrogens with one attached hydrogen (secondary N) is 1. The van der Waals surface area contributed by atoms with Crippen molar-refractivity contribution in [3.05, 3.63) is 48.0 Å². The lowest BCUT2D eigenvalue weighted by atomic mass is 10.1. The van der Waals surface area contributed by atoms with Gasteiger partial charge in [0.1, 0.15) is 17.2 Å². The number of nitrogens with zero attached hydrogens (tertiary/aromatic N) is 1. The van der Waals surface area contributed by atoms with Crippen LogP contribution in [0.4, 0.5) is 0 Å². The van der Waals surface area contributed by atoms with Gasteiger partial charge in [-0.1, -0.05) is 36.4 Å². The minimum atomic E-state index is -0.978. The smallest absolute Gasteiger partial charge is 0.305 e. The number of carboxylic acid groups (broad SMARTS) is 1. The Morgan fingerprint density at radius 3 is 2.84 bits per heavy atom. The molecule has 1 aromatic heterocycles. The van der Waals surface area contributed by atoms with Gasteiger partial charge in [0.25, 0.3) is 0 Å². The quantitative estimate of drug-likeness (QED) is 0.763. The number of piperazine rings is 1. The Bertz CT molecular complexity index is 962. The second-order valence-corrected chi connectivity index (χ2v) is 6.27. The molecule has 6 nitrogen and oxygen atoms in total. The number of carboxylic acids is 1. The van der Waals surface area contributed by atoms with E-state index in [2.05, 4.69) is 5.32 Å². The van der Waals surface area contributed by atoms with Gasteiger partial charge < -0.3 is 14.8 Å². The molecule has 6 heteroatoms. The van der Waals surface area contributed by atoms with Crippen LogP contribution in [-0.2, 0) is 16.1 Å². The van der Waals surface area contributed by atoms with Crippen molar-refractivity contribution in [2.45, 2.75) is 19.0 Å². The first kappa shape index (κ1) is 15.7. The molecule has 1 amide bonds. The van der Waals surface area contributed by atoms with Crippen LogP contribution in [0.1, 0.15) is 12.0 Å². The third-order valence-electron chi connectivity index (χ3n) is 4.67. The molecule has 1 aliphatic heterocycles. The molecular weight excluding hydrogens is 320 g/mol. The summed E-state index contributed by atoms with van der Waals surface area (Å²) >= 11 is 0. The van der Waals surface area contributed by atoms with Crippen molar-refractivity contribution in [1.29, 1.82) is 0 Å². The molecule has 128 valence electrons. The summed E-state index contributed by atoms with van der Waals surface area (Å²) in [6.45, 7) is 1.61. The standard InChI is InChI=1S/C19H18N2O4/c22-17(23)10-15-19(24)20-8-9-21(15)11-12-4-3-6-14-13-5-1-2-7-16(13)25-18(12)14/h1-7,15H,8-11H2,(H,20,24)(H,22,23)/t15-/m0/s1. The van der Waals surface area contributed by atoms with Gasteiger partial charge in [-0.2, -0.15) is 0 Å². The highest BCUT2D eigenvalue weighted by Crippen LogP contribution is 2.31. The molecule has 2 aromatic carbocycles. The SMILES string of the molecule is O=C(O)C[C@H]1C(=O)NCCN1Cc1cccc2c1oc1ccccc12. The van der Waals surface area contributed by atoms with Gasteiger partial charge in [0.15, 0.2) is 0 Å². The summed E-state index contributed by atoms with van der Waals surface area (Å²) in [5, 5.41) is 13.9. The predicted molar refractivity (Wildman–Crippen MR) is 93.2 cm³/mol. The lowest BCUT2D eigenvalue weighted by molar-refractivity contribution is -0.143. The molecule has 0 saturated carbocycles. The zero-order valence-electron chi connectivity index (χ0n) is 13.6. The lowest BCUT2D eigenvalue weighted by Crippen LogP contribution is -2.55. The Kier molecular flexibility index (Phi) is 3.89. The van der Waals surface area contributed by atoms with E-state index >= 15 is 0 Å². The van der Waals surface area contributed by atoms with Crippen LogP contribution in [-0.4, -0.2) is 41.0 Å². The van der Waals surface area contributed by atoms with Gasteiger partial charge in [0.05, 0.1) is 6.42 Å². The maximum absolute atomic E-state index is 12.1. The second kappa shape index (κ2) is 6.22. The van der Waals surface area contributed by atoms with Gasteiger partial charge in [-0.3, -0.25) is 14.5 Å². The number of hydrogen-bond acceptors (Lipinski definition) is 4. The van der Waals surface area contributed by atoms with Crippen molar-refractivity contribution in [3.8, 4) is 0 Å². The monoisotopic (exact) mass is 338 g/mol. The molecule has 0 unspecified atom stereocenters. The van der Waals surface area contributed by atoms with E-state index in [-0.39, 0.29) is 12.3 Å². The maximum atomic E-state index is 12.1. The summed E-state index contributed by atoms with van der Waals surface area (Å²) in [6.07, 6.45) is -0.206. The van der Waals surface area contributed by atoms with Gasteiger partial charge in [-0.05, 0) is 6.07 Å². The highest BCUT2D eigenvalue weighted by Gasteiger charge is 2.32. The highest BCUT2D eigenvalue weighted by atomic mass is 16.4. The topological polar surface area (TPSA) is 82.8 Å². The van der Waals surface area contributed by atoms with Crippen molar-refractivity contribution in [2.75, 3.05) is 13.1 Å². The Morgan fingerprint density at radius 2 is 2.00 bits per heavy atom. The van der Waals surface area contributed by atoms with Crippen molar-refractivity contribution in [2.24, 2.45) is 0 Å². The van der Waals surface area contributed by atoms with Crippen LogP contribution in [0.5, 0.6) is 0 Å². The first-order chi connectivity index (χ1) is 12.1. The van der Waals surface area contributed by atoms with Crippen LogP contribution >= 0.6 is 0 Å². The number of para-hydroxylation sites is 2. The summed E-state index contributed by atoms with van der Waals surface area (Å²) < 4.78 is 6.02. The van der Waals surface area contributed by atoms with E-state index in [1.807, 2.05) is 47.4 Å². The number of aliphatic carboxylic acids is 1. The number of fused-ring (bicyclic) bond motifs is 3. The van der Waals surface area contributed by atoms with Crippen molar-refractivity contribution in [3.63, 3.8) is 0 Å². The van der Waals surface area contributed by atoms with Crippen molar-refractivity contribution in [1.82, 2.24) is 10.2 Å². The fourth-order valence-electron chi connectivity index (χ4n) is 3.49. The van der Waals surface area contributed by atoms with E-state index in [0.29, 0.717) is 19.6 Å². The molecule has 2 N–H and O–H groups in total. The molecule has 4 rings (SSSR count). The average Bonchev–Trinajstić information content (AvgIpc) is 2.97. The zero-order valence-corrected chi connectivity index (χ0v) is 13.6. The Morgan fingerprint density at radius 1 is 1.20 bits per heavy atom. The molecular formula is C19H18N2O4. The van der Waals surface area contributed by atoms with Crippen LogP contribution in [0.25, 0.3) is 21.9 Å². The largest absolute Gasteiger partial charge is 0.481 e. The first-order valence-electron chi connectivity index (χ1n) is 8.26. The zero-order chi connectivity index (χ0) is 17.4. The summed E-state index contributed by atoms with van der Waals surface area (Å²) in [6, 6.07) is 13.1. The minimum absolute atomic E-state index is 0.206. The first-order valence-corrected chi connectivity index (χ1v) is 8.26. The minimum Gasteiger partial charge on any atom is -0.481 e. The molecule has 1 saturated heterocycles. The summed E-state index contributed by atoms with van der Waals surface area (Å²) in [5.74, 6) is -1.21. The van der Waals surface area contributed by atoms with Gasteiger partial charge in [-0.25, -0.2) is 0 Å². The Labute approximate surface area is 144 Å². The molecule has 25 heavy (non-hydrogen) atoms. The number of amides is 1. The molecule has 0 aliphatic carbocycles. The molecule has 0 spiro atoms. The third-order valence-corrected chi connectivity index (χ3v) is 4.67. The van der Waals surface area contributed by atoms with E-state index < -0.39 is 12.0 Å². The Hall–Kier alpha value is -2.86. The van der Waals surface area contributed by atoms with Crippen LogP contribution < -0.4 is 5.32 Å². The fourth-order valence-corrected chi connectivity index (χ4v) is 3.49. The molecule has 2 heterocycles. The number of hydrogen-bond donors (Lipinski definition) is 2. The average molecular weight is 338 g/mol. The number of carbonyl (C=O) groups excluding carboxylic acids is 1. The van der Waals surface area contributed by atoms with Crippen molar-refractivity contribution >= 4 is 33.8 Å². The van der Waals surface area contributed by atoms with E-state index in [9.17, 15) is 9.59 Å². The van der Waals surface area contributed by atoms with E-state index in [4.69, 9.17) is 9.52 Å². The highest BCUT2D eigenvalue weighted by molar-refractivity contribution is 6.05. The van der Waals surface area contributed by atoms with Gasteiger partial charge in [0.2, 0.25) is 5.91 Å². The van der Waals surface area contributed by atoms with E-state index in [0.717, 1.165) is 27.5 Å². The lowest BCUT2D eigenvalue weighted by Gasteiger charge is -2.34. The number of carbonyl (C=O) groups is 2. The maximum Gasteiger partial charge on any atom is 0.305 e. The van der Waals surface area contributed by atoms with Crippen LogP contribution in [0.2, 0.25) is 0 Å². The molecule has 1 atom stereocenters. The number of benzene rings is 2. The predicted octanol–water partition coefficient (Wildman–Crippen LogP) is 2.36. The van der Waals surface area contributed by atoms with Crippen LogP contribution in [0.15, 0.2) is 46.9 Å². The van der Waals surface area contributed by atoms with Gasteiger partial charge in [0, 0.05) is 36.0 Å². The number of furan rings is 1. The van der Waals surface area contributed by atoms with Crippen LogP contribution in [0.3, 0.4) is 0 Å². The van der Waals surface area contributed by atoms with Crippen molar-refractivity contribution < 1.29 is 19.1 Å². The molecule has 3 aromatic rings. The summed E-state index contributed by atoms with van der Waals surface area (Å²) in [5.41, 5.74) is 2.57. The fraction of sp³-hybridized carbons (Fsp3) is 0.263. The molecule has 1 aliphatic rings. The summed E-state index contributed by atoms with van der Waals surface area (Å²) in [7, 11) is 0. The third kappa shape index (κ3) is 2.85. The van der Waals surface area contributed by atoms with Gasteiger partial charge in [-0.15, -0.1) is 0 Å². The second-order valence-electron chi connectivity index (χ2n) is 6.27. The van der Waals surface area contributed by atoms with E-state index in [1.54, 1.807) is 0 Å². The van der Waals surface area contributed by atoms with E-state index in [1.165, 1.54) is 0 Å². The number of rotatable bonds is 4. The summed E-state index contributed by atoms with van der Waals surface area (Å²) in [4.78, 5) is 25.1. The normalized spacial score (nSPS) is 18.6.